The number of nitriles is 1. The molecule has 158 valence electrons. The first-order valence-corrected chi connectivity index (χ1v) is 12.5. The van der Waals surface area contributed by atoms with E-state index in [0.717, 1.165) is 5.70 Å². The Balaban J connectivity index is 3.04. The first-order chi connectivity index (χ1) is 13.7. The zero-order chi connectivity index (χ0) is 22.1. The second-order valence-electron chi connectivity index (χ2n) is 6.74. The molecule has 0 radical (unpaired) electrons. The van der Waals surface area contributed by atoms with Crippen molar-refractivity contribution in [2.45, 2.75) is 40.0 Å². The zero-order valence-electron chi connectivity index (χ0n) is 17.3. The van der Waals surface area contributed by atoms with Crippen molar-refractivity contribution in [1.82, 2.24) is 14.5 Å². The molecule has 0 bridgehead atoms. The number of rotatable bonds is 9. The normalized spacial score (nSPS) is 18.9. The molecule has 1 amide bonds. The van der Waals surface area contributed by atoms with E-state index in [0.29, 0.717) is 24.2 Å². The summed E-state index contributed by atoms with van der Waals surface area (Å²) in [5.41, 5.74) is 1.69. The number of nitrogens with one attached hydrogen (secondary N) is 1. The summed E-state index contributed by atoms with van der Waals surface area (Å²) in [5, 5.41) is 11.9. The van der Waals surface area contributed by atoms with Gasteiger partial charge in [-0.2, -0.15) is 5.26 Å². The molecule has 1 aliphatic heterocycles. The van der Waals surface area contributed by atoms with E-state index < -0.39 is 0 Å². The van der Waals surface area contributed by atoms with Crippen molar-refractivity contribution < 1.29 is 14.0 Å². The van der Waals surface area contributed by atoms with Gasteiger partial charge in [-0.15, -0.1) is 0 Å². The quantitative estimate of drug-likeness (QED) is 0.200. The van der Waals surface area contributed by atoms with Gasteiger partial charge in [0.2, 0.25) is 11.7 Å². The summed E-state index contributed by atoms with van der Waals surface area (Å²) in [5.74, 6) is -1.00. The van der Waals surface area contributed by atoms with Crippen LogP contribution < -0.4 is 5.32 Å². The molecule has 0 aromatic carbocycles. The Morgan fingerprint density at radius 2 is 2.14 bits per heavy atom. The third-order valence-electron chi connectivity index (χ3n) is 4.09. The maximum atomic E-state index is 14.0. The number of hydrogen-bond acceptors (Lipinski definition) is 6. The van der Waals surface area contributed by atoms with Crippen LogP contribution in [0.1, 0.15) is 40.0 Å². The molecule has 6 nitrogen and oxygen atoms in total. The van der Waals surface area contributed by atoms with Crippen LogP contribution in [0.5, 0.6) is 0 Å². The minimum Gasteiger partial charge on any atom is -0.382 e. The van der Waals surface area contributed by atoms with E-state index >= 15 is 0 Å². The van der Waals surface area contributed by atoms with Crippen LogP contribution in [0.15, 0.2) is 46.8 Å². The molecule has 1 unspecified atom stereocenters. The molecular formula is C20H26FIN4O2S. The largest absolute Gasteiger partial charge is 0.382 e. The summed E-state index contributed by atoms with van der Waals surface area (Å²) in [6.07, 6.45) is 6.35. The fourth-order valence-corrected chi connectivity index (χ4v) is 4.68. The summed E-state index contributed by atoms with van der Waals surface area (Å²) >= 11 is 2.09. The number of hydrogen-bond donors (Lipinski definition) is 1. The summed E-state index contributed by atoms with van der Waals surface area (Å²) < 4.78 is 15.8. The van der Waals surface area contributed by atoms with E-state index in [4.69, 9.17) is 0 Å². The van der Waals surface area contributed by atoms with Gasteiger partial charge < -0.3 is 10.2 Å². The lowest BCUT2D eigenvalue weighted by Gasteiger charge is -2.21. The highest BCUT2D eigenvalue weighted by Crippen LogP contribution is 2.40. The maximum Gasteiger partial charge on any atom is 0.221 e. The van der Waals surface area contributed by atoms with Gasteiger partial charge >= 0.3 is 0 Å². The van der Waals surface area contributed by atoms with Gasteiger partial charge in [0.1, 0.15) is 17.5 Å². The first-order valence-electron chi connectivity index (χ1n) is 9.15. The number of allylic oxidation sites excluding steroid dienone is 5. The highest BCUT2D eigenvalue weighted by molar-refractivity contribution is 14.2. The van der Waals surface area contributed by atoms with Gasteiger partial charge in [0.25, 0.3) is 0 Å². The lowest BCUT2D eigenvalue weighted by atomic mass is 10.1. The Kier molecular flexibility index (Phi) is 10.5. The van der Waals surface area contributed by atoms with Gasteiger partial charge in [-0.1, -0.05) is 19.9 Å². The Labute approximate surface area is 188 Å². The molecule has 1 N–H and O–H groups in total. The predicted octanol–water partition coefficient (Wildman–Crippen LogP) is 4.75. The third-order valence-corrected chi connectivity index (χ3v) is 5.82. The molecule has 29 heavy (non-hydrogen) atoms. The summed E-state index contributed by atoms with van der Waals surface area (Å²) in [6.45, 7) is 5.01. The van der Waals surface area contributed by atoms with Gasteiger partial charge in [0.05, 0.1) is 5.70 Å². The predicted molar refractivity (Wildman–Crippen MR) is 123 cm³/mol. The van der Waals surface area contributed by atoms with E-state index in [9.17, 15) is 19.2 Å². The van der Waals surface area contributed by atoms with Gasteiger partial charge in [-0.3, -0.25) is 13.9 Å². The highest BCUT2D eigenvalue weighted by atomic mass is 127. The van der Waals surface area contributed by atoms with E-state index in [1.807, 2.05) is 25.1 Å². The van der Waals surface area contributed by atoms with Crippen molar-refractivity contribution in [1.29, 1.82) is 5.26 Å². The molecule has 0 aromatic rings. The average Bonchev–Trinajstić information content (AvgIpc) is 2.99. The molecule has 1 rings (SSSR count). The van der Waals surface area contributed by atoms with Crippen molar-refractivity contribution in [3.8, 4) is 6.07 Å². The lowest BCUT2D eigenvalue weighted by Crippen LogP contribution is -2.20. The van der Waals surface area contributed by atoms with Gasteiger partial charge in [0.15, 0.2) is 0 Å². The van der Waals surface area contributed by atoms with Gasteiger partial charge in [-0.25, -0.2) is 4.39 Å². The Bertz CT molecular complexity index is 812. The monoisotopic (exact) mass is 532 g/mol. The van der Waals surface area contributed by atoms with Crippen LogP contribution in [0.3, 0.4) is 0 Å². The van der Waals surface area contributed by atoms with Crippen LogP contribution in [0.25, 0.3) is 0 Å². The zero-order valence-corrected chi connectivity index (χ0v) is 20.2. The molecule has 0 spiro atoms. The van der Waals surface area contributed by atoms with Gasteiger partial charge in [-0.05, 0) is 25.3 Å². The summed E-state index contributed by atoms with van der Waals surface area (Å²) in [7, 11) is 4.85. The highest BCUT2D eigenvalue weighted by Gasteiger charge is 2.32. The minimum absolute atomic E-state index is 0.0280. The number of amides is 1. The first kappa shape index (κ1) is 25.2. The fraction of sp³-hybridized carbons (Fsp3) is 0.450. The van der Waals surface area contributed by atoms with Crippen molar-refractivity contribution in [3.05, 3.63) is 46.8 Å². The SMILES string of the molecule is CC/C(F)=C(\CCC=C1C(C)C=C(C(=O)/C(C#N)=C/N(C)C)N1SI)NC(C)=O. The molecule has 1 aliphatic rings. The number of carbonyl (C=O) groups is 2. The number of carbonyl (C=O) groups excluding carboxylic acids is 2. The smallest absolute Gasteiger partial charge is 0.221 e. The molecule has 0 aromatic heterocycles. The minimum atomic E-state index is -0.337. The lowest BCUT2D eigenvalue weighted by molar-refractivity contribution is -0.118. The molecule has 0 saturated heterocycles. The van der Waals surface area contributed by atoms with Crippen molar-refractivity contribution in [3.63, 3.8) is 0 Å². The van der Waals surface area contributed by atoms with Crippen LogP contribution in [0, 0.1) is 17.2 Å². The molecule has 0 aliphatic carbocycles. The second kappa shape index (κ2) is 12.0. The van der Waals surface area contributed by atoms with Crippen LogP contribution in [0.4, 0.5) is 4.39 Å². The molecule has 0 saturated carbocycles. The standard InChI is InChI=1S/C20H26FIN4O2S/c1-6-16(21)17(24-14(3)27)8-7-9-18-13(2)10-19(26(18)29-22)20(28)15(11-23)12-25(4)5/h9-10,12-13H,6-8H2,1-5H3,(H,24,27)/b15-12+,17-16-,18-9?. The summed E-state index contributed by atoms with van der Waals surface area (Å²) in [6, 6.07) is 1.96. The molecule has 9 heteroatoms. The number of Topliss-reactive ketones (excluding diaryl/α,β-unsaturated/α-hetero) is 1. The Hall–Kier alpha value is -1.80. The fourth-order valence-electron chi connectivity index (χ4n) is 2.82. The third kappa shape index (κ3) is 7.19. The second-order valence-corrected chi connectivity index (χ2v) is 8.42. The van der Waals surface area contributed by atoms with E-state index in [1.165, 1.54) is 22.2 Å². The number of halogens is 2. The molecule has 0 fully saturated rings. The van der Waals surface area contributed by atoms with E-state index in [2.05, 4.69) is 26.5 Å². The molecule has 1 atom stereocenters. The van der Waals surface area contributed by atoms with Gasteiger partial charge in [0, 0.05) is 74.9 Å². The van der Waals surface area contributed by atoms with Crippen molar-refractivity contribution in [2.75, 3.05) is 14.1 Å². The number of ketones is 1. The van der Waals surface area contributed by atoms with Crippen molar-refractivity contribution >= 4 is 42.0 Å². The van der Waals surface area contributed by atoms with Crippen LogP contribution in [-0.4, -0.2) is 35.0 Å². The molecular weight excluding hydrogens is 506 g/mol. The topological polar surface area (TPSA) is 76.4 Å². The van der Waals surface area contributed by atoms with E-state index in [1.54, 1.807) is 30.2 Å². The van der Waals surface area contributed by atoms with Crippen molar-refractivity contribution in [2.24, 2.45) is 5.92 Å². The van der Waals surface area contributed by atoms with Crippen LogP contribution >= 0.6 is 30.3 Å². The maximum absolute atomic E-state index is 14.0. The van der Waals surface area contributed by atoms with E-state index in [-0.39, 0.29) is 35.4 Å². The summed E-state index contributed by atoms with van der Waals surface area (Å²) in [4.78, 5) is 25.8. The average molecular weight is 532 g/mol. The Morgan fingerprint density at radius 1 is 1.48 bits per heavy atom. The van der Waals surface area contributed by atoms with Crippen LogP contribution in [0.2, 0.25) is 0 Å². The Morgan fingerprint density at radius 3 is 2.62 bits per heavy atom. The van der Waals surface area contributed by atoms with Crippen LogP contribution in [-0.2, 0) is 9.59 Å². The molecule has 1 heterocycles. The number of nitrogens with zero attached hydrogens (tertiary/aromatic N) is 3.